The summed E-state index contributed by atoms with van der Waals surface area (Å²) in [4.78, 5) is 0. The molecule has 0 N–H and O–H groups in total. The lowest BCUT2D eigenvalue weighted by atomic mass is 9.78. The molecule has 0 bridgehead atoms. The minimum atomic E-state index is 0.356. The van der Waals surface area contributed by atoms with E-state index in [9.17, 15) is 0 Å². The van der Waals surface area contributed by atoms with E-state index in [1.54, 1.807) is 0 Å². The predicted octanol–water partition coefficient (Wildman–Crippen LogP) is 5.06. The van der Waals surface area contributed by atoms with E-state index < -0.39 is 0 Å². The number of benzene rings is 1. The molecule has 2 rings (SSSR count). The van der Waals surface area contributed by atoms with Crippen LogP contribution in [0.25, 0.3) is 0 Å². The normalized spacial score (nSPS) is 25.7. The molecular weight excluding hydrogens is 220 g/mol. The number of rotatable bonds is 5. The first-order chi connectivity index (χ1) is 8.79. The third-order valence-corrected chi connectivity index (χ3v) is 4.32. The maximum atomic E-state index is 6.05. The van der Waals surface area contributed by atoms with Crippen LogP contribution in [0.15, 0.2) is 30.3 Å². The monoisotopic (exact) mass is 246 g/mol. The Labute approximate surface area is 112 Å². The van der Waals surface area contributed by atoms with Crippen LogP contribution in [-0.2, 0) is 0 Å². The second kappa shape index (κ2) is 6.82. The van der Waals surface area contributed by atoms with Crippen LogP contribution in [0.1, 0.15) is 52.4 Å². The molecule has 1 aliphatic rings. The van der Waals surface area contributed by atoms with Gasteiger partial charge in [-0.1, -0.05) is 50.8 Å². The minimum absolute atomic E-state index is 0.356. The van der Waals surface area contributed by atoms with E-state index in [4.69, 9.17) is 4.74 Å². The van der Waals surface area contributed by atoms with E-state index in [0.717, 1.165) is 17.6 Å². The first-order valence-electron chi connectivity index (χ1n) is 7.51. The topological polar surface area (TPSA) is 9.23 Å². The van der Waals surface area contributed by atoms with E-state index in [1.807, 2.05) is 18.2 Å². The average Bonchev–Trinajstić information content (AvgIpc) is 2.41. The quantitative estimate of drug-likeness (QED) is 0.705. The minimum Gasteiger partial charge on any atom is -0.490 e. The fourth-order valence-corrected chi connectivity index (χ4v) is 3.16. The highest BCUT2D eigenvalue weighted by molar-refractivity contribution is 5.21. The SMILES string of the molecule is CCC[C@H]1CC[C@H](C(C)Oc2ccccc2)CC1. The van der Waals surface area contributed by atoms with Crippen molar-refractivity contribution in [3.05, 3.63) is 30.3 Å². The van der Waals surface area contributed by atoms with Gasteiger partial charge in [-0.15, -0.1) is 0 Å². The summed E-state index contributed by atoms with van der Waals surface area (Å²) < 4.78 is 6.05. The molecule has 1 aliphatic carbocycles. The number of hydrogen-bond donors (Lipinski definition) is 0. The van der Waals surface area contributed by atoms with Crippen LogP contribution in [-0.4, -0.2) is 6.10 Å². The summed E-state index contributed by atoms with van der Waals surface area (Å²) in [7, 11) is 0. The highest BCUT2D eigenvalue weighted by atomic mass is 16.5. The second-order valence-corrected chi connectivity index (χ2v) is 5.71. The van der Waals surface area contributed by atoms with Crippen molar-refractivity contribution >= 4 is 0 Å². The zero-order chi connectivity index (χ0) is 12.8. The maximum Gasteiger partial charge on any atom is 0.119 e. The Hall–Kier alpha value is -0.980. The Bertz CT molecular complexity index is 325. The summed E-state index contributed by atoms with van der Waals surface area (Å²) in [5.41, 5.74) is 0. The Morgan fingerprint density at radius 3 is 2.39 bits per heavy atom. The molecule has 1 heteroatoms. The first-order valence-corrected chi connectivity index (χ1v) is 7.51. The van der Waals surface area contributed by atoms with Gasteiger partial charge < -0.3 is 4.74 Å². The molecule has 0 saturated heterocycles. The van der Waals surface area contributed by atoms with Crippen molar-refractivity contribution in [3.8, 4) is 5.75 Å². The van der Waals surface area contributed by atoms with Crippen molar-refractivity contribution in [2.75, 3.05) is 0 Å². The van der Waals surface area contributed by atoms with E-state index in [2.05, 4.69) is 26.0 Å². The molecule has 0 aromatic heterocycles. The van der Waals surface area contributed by atoms with Crippen LogP contribution in [0.5, 0.6) is 5.75 Å². The lowest BCUT2D eigenvalue weighted by molar-refractivity contribution is 0.107. The molecule has 1 fully saturated rings. The molecule has 0 amide bonds. The van der Waals surface area contributed by atoms with Gasteiger partial charge in [0.05, 0.1) is 6.10 Å². The Morgan fingerprint density at radius 1 is 1.11 bits per heavy atom. The van der Waals surface area contributed by atoms with Crippen LogP contribution in [0.2, 0.25) is 0 Å². The van der Waals surface area contributed by atoms with E-state index in [1.165, 1.54) is 38.5 Å². The van der Waals surface area contributed by atoms with Crippen LogP contribution < -0.4 is 4.74 Å². The summed E-state index contributed by atoms with van der Waals surface area (Å²) in [5.74, 6) is 2.74. The first kappa shape index (κ1) is 13.5. The fourth-order valence-electron chi connectivity index (χ4n) is 3.16. The van der Waals surface area contributed by atoms with Gasteiger partial charge in [-0.25, -0.2) is 0 Å². The van der Waals surface area contributed by atoms with Gasteiger partial charge in [-0.3, -0.25) is 0 Å². The lowest BCUT2D eigenvalue weighted by Gasteiger charge is -2.32. The molecule has 0 aliphatic heterocycles. The molecule has 0 spiro atoms. The Balaban J connectivity index is 1.79. The Morgan fingerprint density at radius 2 is 1.78 bits per heavy atom. The van der Waals surface area contributed by atoms with Crippen LogP contribution in [0, 0.1) is 11.8 Å². The summed E-state index contributed by atoms with van der Waals surface area (Å²) >= 11 is 0. The van der Waals surface area contributed by atoms with Gasteiger partial charge in [-0.2, -0.15) is 0 Å². The van der Waals surface area contributed by atoms with Crippen molar-refractivity contribution in [2.45, 2.75) is 58.5 Å². The molecule has 0 heterocycles. The molecule has 1 saturated carbocycles. The van der Waals surface area contributed by atoms with E-state index >= 15 is 0 Å². The molecule has 1 atom stereocenters. The van der Waals surface area contributed by atoms with Crippen molar-refractivity contribution in [1.29, 1.82) is 0 Å². The van der Waals surface area contributed by atoms with Crippen LogP contribution in [0.3, 0.4) is 0 Å². The van der Waals surface area contributed by atoms with Gasteiger partial charge in [0.15, 0.2) is 0 Å². The molecule has 1 aromatic carbocycles. The van der Waals surface area contributed by atoms with Crippen molar-refractivity contribution in [3.63, 3.8) is 0 Å². The maximum absolute atomic E-state index is 6.05. The number of hydrogen-bond acceptors (Lipinski definition) is 1. The molecule has 1 nitrogen and oxygen atoms in total. The van der Waals surface area contributed by atoms with Gasteiger partial charge in [0.2, 0.25) is 0 Å². The fraction of sp³-hybridized carbons (Fsp3) is 0.647. The van der Waals surface area contributed by atoms with Crippen LogP contribution in [0.4, 0.5) is 0 Å². The molecule has 1 aromatic rings. The van der Waals surface area contributed by atoms with Crippen LogP contribution >= 0.6 is 0 Å². The smallest absolute Gasteiger partial charge is 0.119 e. The summed E-state index contributed by atoms with van der Waals surface area (Å²) in [6.07, 6.45) is 8.61. The van der Waals surface area contributed by atoms with Gasteiger partial charge in [-0.05, 0) is 43.7 Å². The molecule has 0 radical (unpaired) electrons. The highest BCUT2D eigenvalue weighted by Crippen LogP contribution is 2.34. The third kappa shape index (κ3) is 3.76. The van der Waals surface area contributed by atoms with Gasteiger partial charge in [0.1, 0.15) is 5.75 Å². The largest absolute Gasteiger partial charge is 0.490 e. The van der Waals surface area contributed by atoms with Gasteiger partial charge in [0, 0.05) is 0 Å². The molecule has 1 unspecified atom stereocenters. The van der Waals surface area contributed by atoms with Crippen molar-refractivity contribution in [2.24, 2.45) is 11.8 Å². The molecular formula is C17H26O. The Kier molecular flexibility index (Phi) is 5.10. The summed E-state index contributed by atoms with van der Waals surface area (Å²) in [5, 5.41) is 0. The zero-order valence-electron chi connectivity index (χ0n) is 11.8. The van der Waals surface area contributed by atoms with Gasteiger partial charge >= 0.3 is 0 Å². The van der Waals surface area contributed by atoms with E-state index in [0.29, 0.717) is 6.10 Å². The van der Waals surface area contributed by atoms with Gasteiger partial charge in [0.25, 0.3) is 0 Å². The summed E-state index contributed by atoms with van der Waals surface area (Å²) in [6.45, 7) is 4.53. The lowest BCUT2D eigenvalue weighted by Crippen LogP contribution is -2.28. The zero-order valence-corrected chi connectivity index (χ0v) is 11.8. The third-order valence-electron chi connectivity index (χ3n) is 4.32. The average molecular weight is 246 g/mol. The predicted molar refractivity (Wildman–Crippen MR) is 76.9 cm³/mol. The standard InChI is InChI=1S/C17H26O/c1-3-7-15-10-12-16(13-11-15)14(2)18-17-8-5-4-6-9-17/h4-6,8-9,14-16H,3,7,10-13H2,1-2H3/t14?,15-,16-. The summed E-state index contributed by atoms with van der Waals surface area (Å²) in [6, 6.07) is 10.2. The molecule has 100 valence electrons. The number of para-hydroxylation sites is 1. The molecule has 18 heavy (non-hydrogen) atoms. The number of ether oxygens (including phenoxy) is 1. The van der Waals surface area contributed by atoms with Crippen molar-refractivity contribution in [1.82, 2.24) is 0 Å². The highest BCUT2D eigenvalue weighted by Gasteiger charge is 2.25. The van der Waals surface area contributed by atoms with E-state index in [-0.39, 0.29) is 0 Å². The second-order valence-electron chi connectivity index (χ2n) is 5.71. The van der Waals surface area contributed by atoms with Crippen molar-refractivity contribution < 1.29 is 4.74 Å².